The number of primary amides is 1. The van der Waals surface area contributed by atoms with Gasteiger partial charge in [0.15, 0.2) is 6.61 Å². The minimum Gasteiger partial charge on any atom is -0.484 e. The minimum atomic E-state index is -0.506. The molecule has 5 heteroatoms. The molecule has 23 heavy (non-hydrogen) atoms. The Morgan fingerprint density at radius 3 is 2.30 bits per heavy atom. The van der Waals surface area contributed by atoms with Crippen LogP contribution in [-0.2, 0) is 4.79 Å². The van der Waals surface area contributed by atoms with Crippen molar-refractivity contribution in [1.29, 1.82) is 0 Å². The highest BCUT2D eigenvalue weighted by atomic mass is 16.5. The molecular weight excluding hydrogens is 292 g/mol. The van der Waals surface area contributed by atoms with Crippen LogP contribution in [0, 0.1) is 0 Å². The highest BCUT2D eigenvalue weighted by molar-refractivity contribution is 5.95. The Labute approximate surface area is 135 Å². The summed E-state index contributed by atoms with van der Waals surface area (Å²) in [6.45, 7) is 3.96. The molecule has 0 aromatic heterocycles. The van der Waals surface area contributed by atoms with Gasteiger partial charge in [0.05, 0.1) is 0 Å². The molecule has 0 aliphatic rings. The summed E-state index contributed by atoms with van der Waals surface area (Å²) in [6, 6.07) is 15.6. The van der Waals surface area contributed by atoms with Gasteiger partial charge in [0.25, 0.3) is 5.91 Å². The zero-order valence-corrected chi connectivity index (χ0v) is 12.6. The van der Waals surface area contributed by atoms with E-state index in [0.29, 0.717) is 17.9 Å². The summed E-state index contributed by atoms with van der Waals surface area (Å²) in [4.78, 5) is 25.0. The summed E-state index contributed by atoms with van der Waals surface area (Å²) >= 11 is 0. The first kappa shape index (κ1) is 16.3. The normalized spacial score (nSPS) is 9.91. The fourth-order valence-electron chi connectivity index (χ4n) is 2.03. The third kappa shape index (κ3) is 4.44. The topological polar surface area (TPSA) is 72.6 Å². The number of nitrogens with two attached hydrogens (primary N) is 1. The molecule has 0 atom stereocenters. The number of anilines is 1. The van der Waals surface area contributed by atoms with Crippen LogP contribution in [0.15, 0.2) is 67.3 Å². The fraction of sp³-hybridized carbons (Fsp3) is 0.111. The highest BCUT2D eigenvalue weighted by Crippen LogP contribution is 2.15. The molecule has 0 aliphatic heterocycles. The van der Waals surface area contributed by atoms with Gasteiger partial charge in [-0.15, -0.1) is 6.58 Å². The van der Waals surface area contributed by atoms with Crippen LogP contribution in [0.4, 0.5) is 5.69 Å². The minimum absolute atomic E-state index is 0.112. The second-order valence-corrected chi connectivity index (χ2v) is 4.81. The molecule has 0 radical (unpaired) electrons. The van der Waals surface area contributed by atoms with Gasteiger partial charge in [0.1, 0.15) is 5.75 Å². The van der Waals surface area contributed by atoms with E-state index in [4.69, 9.17) is 10.5 Å². The summed E-state index contributed by atoms with van der Waals surface area (Å²) < 4.78 is 5.47. The van der Waals surface area contributed by atoms with E-state index in [2.05, 4.69) is 6.58 Å². The number of carbonyl (C=O) groups is 2. The van der Waals surface area contributed by atoms with Crippen molar-refractivity contribution < 1.29 is 14.3 Å². The van der Waals surface area contributed by atoms with E-state index in [9.17, 15) is 9.59 Å². The first-order valence-corrected chi connectivity index (χ1v) is 7.11. The van der Waals surface area contributed by atoms with Gasteiger partial charge in [0.2, 0.25) is 5.91 Å². The number of benzene rings is 2. The van der Waals surface area contributed by atoms with Crippen molar-refractivity contribution in [2.45, 2.75) is 0 Å². The van der Waals surface area contributed by atoms with Gasteiger partial charge >= 0.3 is 0 Å². The smallest absolute Gasteiger partial charge is 0.265 e. The maximum atomic E-state index is 12.4. The van der Waals surface area contributed by atoms with Gasteiger partial charge in [-0.3, -0.25) is 9.59 Å². The van der Waals surface area contributed by atoms with Crippen LogP contribution < -0.4 is 15.4 Å². The van der Waals surface area contributed by atoms with Crippen LogP contribution in [0.25, 0.3) is 0 Å². The van der Waals surface area contributed by atoms with Gasteiger partial charge in [0, 0.05) is 17.8 Å². The number of rotatable bonds is 7. The van der Waals surface area contributed by atoms with E-state index in [0.717, 1.165) is 5.69 Å². The predicted octanol–water partition coefficient (Wildman–Crippen LogP) is 2.38. The third-order valence-corrected chi connectivity index (χ3v) is 3.18. The number of hydrogen-bond donors (Lipinski definition) is 1. The average molecular weight is 310 g/mol. The second-order valence-electron chi connectivity index (χ2n) is 4.81. The van der Waals surface area contributed by atoms with Crippen LogP contribution in [0.2, 0.25) is 0 Å². The van der Waals surface area contributed by atoms with Gasteiger partial charge in [-0.2, -0.15) is 0 Å². The van der Waals surface area contributed by atoms with Crippen molar-refractivity contribution >= 4 is 17.5 Å². The lowest BCUT2D eigenvalue weighted by Crippen LogP contribution is -2.35. The predicted molar refractivity (Wildman–Crippen MR) is 89.4 cm³/mol. The average Bonchev–Trinajstić information content (AvgIpc) is 2.58. The van der Waals surface area contributed by atoms with Gasteiger partial charge in [-0.25, -0.2) is 0 Å². The number of ether oxygens (including phenoxy) is 1. The lowest BCUT2D eigenvalue weighted by atomic mass is 10.2. The maximum absolute atomic E-state index is 12.4. The summed E-state index contributed by atoms with van der Waals surface area (Å²) in [6.07, 6.45) is 1.66. The molecule has 0 unspecified atom stereocenters. The molecule has 0 aliphatic carbocycles. The number of amides is 2. The van der Waals surface area contributed by atoms with Crippen LogP contribution in [0.1, 0.15) is 10.4 Å². The molecular formula is C18H18N2O3. The molecule has 118 valence electrons. The summed E-state index contributed by atoms with van der Waals surface area (Å²) in [5.74, 6) is -0.195. The molecule has 0 saturated heterocycles. The van der Waals surface area contributed by atoms with Crippen LogP contribution in [0.5, 0.6) is 5.75 Å². The number of nitrogens with zero attached hydrogens (tertiary/aromatic N) is 1. The van der Waals surface area contributed by atoms with Gasteiger partial charge in [-0.1, -0.05) is 24.3 Å². The molecule has 2 aromatic carbocycles. The van der Waals surface area contributed by atoms with Crippen molar-refractivity contribution in [2.75, 3.05) is 18.1 Å². The fourth-order valence-corrected chi connectivity index (χ4v) is 2.03. The Kier molecular flexibility index (Phi) is 5.52. The highest BCUT2D eigenvalue weighted by Gasteiger charge is 2.14. The van der Waals surface area contributed by atoms with Crippen LogP contribution in [-0.4, -0.2) is 25.0 Å². The Balaban J connectivity index is 2.01. The molecule has 2 amide bonds. The van der Waals surface area contributed by atoms with Gasteiger partial charge < -0.3 is 15.4 Å². The Morgan fingerprint density at radius 1 is 1.09 bits per heavy atom. The third-order valence-electron chi connectivity index (χ3n) is 3.18. The molecule has 0 spiro atoms. The van der Waals surface area contributed by atoms with Crippen molar-refractivity contribution in [1.82, 2.24) is 0 Å². The van der Waals surface area contributed by atoms with E-state index in [1.54, 1.807) is 35.2 Å². The maximum Gasteiger partial charge on any atom is 0.265 e. The first-order chi connectivity index (χ1) is 11.1. The van der Waals surface area contributed by atoms with E-state index < -0.39 is 5.91 Å². The standard InChI is InChI=1S/C18H18N2O3/c1-2-12-20(15-6-4-3-5-7-15)17(21)13-23-16-10-8-14(9-11-16)18(19)22/h2-11H,1,12-13H2,(H2,19,22). The molecule has 5 nitrogen and oxygen atoms in total. The van der Waals surface area contributed by atoms with Crippen molar-refractivity contribution in [3.8, 4) is 5.75 Å². The van der Waals surface area contributed by atoms with Crippen molar-refractivity contribution in [2.24, 2.45) is 5.73 Å². The zero-order chi connectivity index (χ0) is 16.7. The van der Waals surface area contributed by atoms with E-state index in [-0.39, 0.29) is 12.5 Å². The lowest BCUT2D eigenvalue weighted by molar-refractivity contribution is -0.120. The molecule has 2 rings (SSSR count). The summed E-state index contributed by atoms with van der Waals surface area (Å²) in [5, 5.41) is 0. The number of para-hydroxylation sites is 1. The summed E-state index contributed by atoms with van der Waals surface area (Å²) in [5.41, 5.74) is 6.35. The monoisotopic (exact) mass is 310 g/mol. The molecule has 0 fully saturated rings. The Morgan fingerprint density at radius 2 is 1.74 bits per heavy atom. The number of hydrogen-bond acceptors (Lipinski definition) is 3. The molecule has 0 heterocycles. The zero-order valence-electron chi connectivity index (χ0n) is 12.6. The van der Waals surface area contributed by atoms with Crippen molar-refractivity contribution in [3.05, 3.63) is 72.8 Å². The molecule has 0 saturated carbocycles. The van der Waals surface area contributed by atoms with Crippen LogP contribution >= 0.6 is 0 Å². The van der Waals surface area contributed by atoms with E-state index >= 15 is 0 Å². The Hall–Kier alpha value is -3.08. The largest absolute Gasteiger partial charge is 0.484 e. The van der Waals surface area contributed by atoms with E-state index in [1.807, 2.05) is 30.3 Å². The molecule has 0 bridgehead atoms. The second kappa shape index (κ2) is 7.79. The lowest BCUT2D eigenvalue weighted by Gasteiger charge is -2.21. The first-order valence-electron chi connectivity index (χ1n) is 7.11. The SMILES string of the molecule is C=CCN(C(=O)COc1ccc(C(N)=O)cc1)c1ccccc1. The van der Waals surface area contributed by atoms with Crippen LogP contribution in [0.3, 0.4) is 0 Å². The van der Waals surface area contributed by atoms with E-state index in [1.165, 1.54) is 0 Å². The molecule has 2 aromatic rings. The van der Waals surface area contributed by atoms with Crippen molar-refractivity contribution in [3.63, 3.8) is 0 Å². The quantitative estimate of drug-likeness (QED) is 0.798. The Bertz CT molecular complexity index is 681. The number of carbonyl (C=O) groups excluding carboxylic acids is 2. The van der Waals surface area contributed by atoms with Gasteiger partial charge in [-0.05, 0) is 36.4 Å². The summed E-state index contributed by atoms with van der Waals surface area (Å²) in [7, 11) is 0. The molecule has 2 N–H and O–H groups in total.